The van der Waals surface area contributed by atoms with Crippen molar-refractivity contribution in [1.29, 1.82) is 0 Å². The van der Waals surface area contributed by atoms with Crippen LogP contribution in [-0.4, -0.2) is 39.7 Å². The molecule has 0 bridgehead atoms. The molecule has 1 aromatic heterocycles. The number of aromatic amines is 1. The van der Waals surface area contributed by atoms with Crippen LogP contribution in [0, 0.1) is 0 Å². The molecule has 0 atom stereocenters. The third-order valence-corrected chi connectivity index (χ3v) is 2.44. The minimum atomic E-state index is -4.56. The fourth-order valence-corrected chi connectivity index (χ4v) is 1.52. The molecule has 1 aliphatic heterocycles. The van der Waals surface area contributed by atoms with E-state index in [9.17, 15) is 13.2 Å². The molecule has 9 nitrogen and oxygen atoms in total. The third kappa shape index (κ3) is 5.04. The average molecular weight is 323 g/mol. The summed E-state index contributed by atoms with van der Waals surface area (Å²) in [5.41, 5.74) is 5.59. The molecule has 0 aromatic carbocycles. The number of hydrazone groups is 1. The van der Waals surface area contributed by atoms with Crippen LogP contribution in [0.4, 0.5) is 19.1 Å². The highest BCUT2D eigenvalue weighted by molar-refractivity contribution is 5.82. The topological polar surface area (TPSA) is 110 Å². The van der Waals surface area contributed by atoms with Crippen LogP contribution >= 0.6 is 0 Å². The van der Waals surface area contributed by atoms with Crippen molar-refractivity contribution in [2.45, 2.75) is 32.9 Å². The Labute approximate surface area is 125 Å². The normalized spacial score (nSPS) is 14.6. The Balaban J connectivity index is 0.00000116. The molecule has 2 heterocycles. The lowest BCUT2D eigenvalue weighted by Crippen LogP contribution is -2.38. The van der Waals surface area contributed by atoms with Gasteiger partial charge in [0.15, 0.2) is 0 Å². The molecule has 22 heavy (non-hydrogen) atoms. The van der Waals surface area contributed by atoms with Gasteiger partial charge in [0.2, 0.25) is 5.82 Å². The van der Waals surface area contributed by atoms with Crippen LogP contribution in [-0.2, 0) is 6.18 Å². The van der Waals surface area contributed by atoms with E-state index >= 15 is 0 Å². The number of hydrogen-bond donors (Lipinski definition) is 4. The van der Waals surface area contributed by atoms with Gasteiger partial charge in [-0.3, -0.25) is 15.5 Å². The predicted octanol–water partition coefficient (Wildman–Crippen LogP) is 0.578. The second-order valence-corrected chi connectivity index (χ2v) is 4.11. The summed E-state index contributed by atoms with van der Waals surface area (Å²) in [7, 11) is 1.75. The molecule has 1 aliphatic rings. The lowest BCUT2D eigenvalue weighted by Gasteiger charge is -2.14. The number of nitrogens with one attached hydrogen (secondary N) is 3. The molecule has 0 saturated carbocycles. The number of amidine groups is 1. The van der Waals surface area contributed by atoms with E-state index in [1.165, 1.54) is 0 Å². The maximum Gasteiger partial charge on any atom is 0.451 e. The van der Waals surface area contributed by atoms with E-state index in [1.807, 2.05) is 13.8 Å². The summed E-state index contributed by atoms with van der Waals surface area (Å²) < 4.78 is 37.0. The first-order valence-electron chi connectivity index (χ1n) is 6.70. The smallest absolute Gasteiger partial charge is 0.286 e. The van der Waals surface area contributed by atoms with Gasteiger partial charge in [0, 0.05) is 20.0 Å². The molecule has 0 amide bonds. The fourth-order valence-electron chi connectivity index (χ4n) is 1.52. The Morgan fingerprint density at radius 3 is 2.50 bits per heavy atom. The van der Waals surface area contributed by atoms with Crippen molar-refractivity contribution in [3.63, 3.8) is 0 Å². The highest BCUT2D eigenvalue weighted by Gasteiger charge is 2.35. The van der Waals surface area contributed by atoms with Crippen molar-refractivity contribution >= 4 is 11.8 Å². The van der Waals surface area contributed by atoms with Crippen LogP contribution < -0.4 is 21.8 Å². The molecule has 12 heteroatoms. The van der Waals surface area contributed by atoms with Crippen molar-refractivity contribution in [3.8, 4) is 0 Å². The molecule has 0 aliphatic carbocycles. The Bertz CT molecular complexity index is 484. The van der Waals surface area contributed by atoms with E-state index in [-0.39, 0.29) is 5.95 Å². The highest BCUT2D eigenvalue weighted by atomic mass is 19.4. The van der Waals surface area contributed by atoms with Crippen LogP contribution in [0.5, 0.6) is 0 Å². The van der Waals surface area contributed by atoms with Gasteiger partial charge in [0.25, 0.3) is 5.95 Å². The van der Waals surface area contributed by atoms with Gasteiger partial charge in [0.05, 0.1) is 0 Å². The zero-order valence-corrected chi connectivity index (χ0v) is 12.6. The number of H-pyrrole nitrogens is 1. The summed E-state index contributed by atoms with van der Waals surface area (Å²) in [6, 6.07) is 0. The van der Waals surface area contributed by atoms with Gasteiger partial charge in [0.1, 0.15) is 5.84 Å². The standard InChI is InChI=1S/C8H14F3N9.C2H6/c1-19-17-5(14-18-19)3-2-4-20(12)7-13-6(15-16-7)8(9,10)11;1-2/h18H,2-4,12H2,1H3,(H,14,17)(H,13,15,16);1-2H3. The van der Waals surface area contributed by atoms with E-state index in [0.717, 1.165) is 5.01 Å². The zero-order valence-electron chi connectivity index (χ0n) is 12.6. The first kappa shape index (κ1) is 18.0. The number of rotatable bonds is 5. The van der Waals surface area contributed by atoms with Gasteiger partial charge in [-0.25, -0.2) is 11.4 Å². The van der Waals surface area contributed by atoms with Gasteiger partial charge >= 0.3 is 6.18 Å². The molecule has 1 aromatic rings. The van der Waals surface area contributed by atoms with Crippen molar-refractivity contribution < 1.29 is 13.2 Å². The molecule has 2 rings (SSSR count). The minimum absolute atomic E-state index is 0.200. The third-order valence-electron chi connectivity index (χ3n) is 2.44. The van der Waals surface area contributed by atoms with E-state index in [0.29, 0.717) is 25.2 Å². The summed E-state index contributed by atoms with van der Waals surface area (Å²) in [4.78, 5) is 3.29. The van der Waals surface area contributed by atoms with E-state index < -0.39 is 12.0 Å². The number of aromatic nitrogens is 3. The van der Waals surface area contributed by atoms with Crippen LogP contribution in [0.15, 0.2) is 5.10 Å². The number of alkyl halides is 3. The fraction of sp³-hybridized carbons (Fsp3) is 0.700. The Morgan fingerprint density at radius 2 is 2.00 bits per heavy atom. The largest absolute Gasteiger partial charge is 0.451 e. The van der Waals surface area contributed by atoms with Gasteiger partial charge in [-0.1, -0.05) is 13.8 Å². The van der Waals surface area contributed by atoms with Gasteiger partial charge in [-0.05, 0) is 6.42 Å². The van der Waals surface area contributed by atoms with Crippen molar-refractivity contribution in [1.82, 2.24) is 31.3 Å². The van der Waals surface area contributed by atoms with Crippen LogP contribution in [0.1, 0.15) is 32.5 Å². The predicted molar refractivity (Wildman–Crippen MR) is 75.0 cm³/mol. The zero-order chi connectivity index (χ0) is 16.8. The van der Waals surface area contributed by atoms with Crippen molar-refractivity contribution in [2.24, 2.45) is 10.9 Å². The maximum atomic E-state index is 12.3. The molecule has 0 unspecified atom stereocenters. The number of anilines is 1. The van der Waals surface area contributed by atoms with Gasteiger partial charge in [-0.2, -0.15) is 18.2 Å². The SMILES string of the molecule is CC.CN1NN=C(CCCN(N)c2n[nH]c(C(F)(F)F)n2)N1. The number of hydrogen-bond acceptors (Lipinski definition) is 8. The molecular weight excluding hydrogens is 303 g/mol. The summed E-state index contributed by atoms with van der Waals surface area (Å²) >= 11 is 0. The van der Waals surface area contributed by atoms with Crippen LogP contribution in [0.3, 0.4) is 0 Å². The molecule has 5 N–H and O–H groups in total. The van der Waals surface area contributed by atoms with E-state index in [1.54, 1.807) is 17.3 Å². The van der Waals surface area contributed by atoms with Gasteiger partial charge in [-0.15, -0.1) is 15.3 Å². The highest BCUT2D eigenvalue weighted by Crippen LogP contribution is 2.26. The molecule has 0 spiro atoms. The summed E-state index contributed by atoms with van der Waals surface area (Å²) in [6.45, 7) is 4.29. The molecule has 0 radical (unpaired) electrons. The number of halogens is 3. The Kier molecular flexibility index (Phi) is 6.37. The minimum Gasteiger partial charge on any atom is -0.286 e. The maximum absolute atomic E-state index is 12.3. The second kappa shape index (κ2) is 7.79. The second-order valence-electron chi connectivity index (χ2n) is 4.11. The Morgan fingerprint density at radius 1 is 1.32 bits per heavy atom. The van der Waals surface area contributed by atoms with E-state index in [4.69, 9.17) is 5.84 Å². The van der Waals surface area contributed by atoms with Crippen molar-refractivity contribution in [3.05, 3.63) is 5.82 Å². The first-order valence-corrected chi connectivity index (χ1v) is 6.70. The number of nitrogens with two attached hydrogens (primary N) is 1. The van der Waals surface area contributed by atoms with Gasteiger partial charge < -0.3 is 0 Å². The van der Waals surface area contributed by atoms with E-state index in [2.05, 4.69) is 26.1 Å². The molecule has 0 saturated heterocycles. The van der Waals surface area contributed by atoms with Crippen LogP contribution in [0.2, 0.25) is 0 Å². The van der Waals surface area contributed by atoms with Crippen LogP contribution in [0.25, 0.3) is 0 Å². The number of nitrogens with zero attached hydrogens (tertiary/aromatic N) is 5. The first-order chi connectivity index (χ1) is 10.4. The molecule has 0 fully saturated rings. The monoisotopic (exact) mass is 323 g/mol. The average Bonchev–Trinajstić information content (AvgIpc) is 3.09. The number of hydrazine groups is 3. The summed E-state index contributed by atoms with van der Waals surface area (Å²) in [5, 5.41) is 11.8. The quantitative estimate of drug-likeness (QED) is 0.463. The van der Waals surface area contributed by atoms with Crippen molar-refractivity contribution in [2.75, 3.05) is 18.6 Å². The summed E-state index contributed by atoms with van der Waals surface area (Å²) in [5.74, 6) is 4.94. The Hall–Kier alpha value is -2.08. The lowest BCUT2D eigenvalue weighted by atomic mass is 10.3. The molecular formula is C10H20F3N9. The lowest BCUT2D eigenvalue weighted by molar-refractivity contribution is -0.144. The summed E-state index contributed by atoms with van der Waals surface area (Å²) in [6.07, 6.45) is -3.40. The molecule has 126 valence electrons.